The van der Waals surface area contributed by atoms with Gasteiger partial charge in [0.15, 0.2) is 0 Å². The zero-order valence-electron chi connectivity index (χ0n) is 14.9. The number of urea groups is 1. The molecular weight excluding hydrogens is 339 g/mol. The van der Waals surface area contributed by atoms with Gasteiger partial charge >= 0.3 is 6.03 Å². The molecule has 26 heavy (non-hydrogen) atoms. The summed E-state index contributed by atoms with van der Waals surface area (Å²) in [7, 11) is 0. The number of β-amino-alcohol motifs (C(OH)–C–C–N with tert-alkyl or cyclic N) is 1. The molecule has 3 amide bonds. The summed E-state index contributed by atoms with van der Waals surface area (Å²) in [5, 5.41) is 12.9. The molecule has 1 aliphatic heterocycles. The van der Waals surface area contributed by atoms with E-state index in [1.165, 1.54) is 6.07 Å². The van der Waals surface area contributed by atoms with Crippen molar-refractivity contribution in [1.29, 1.82) is 0 Å². The molecule has 2 aliphatic rings. The minimum Gasteiger partial charge on any atom is -0.389 e. The van der Waals surface area contributed by atoms with Crippen LogP contribution in [0, 0.1) is 11.7 Å². The molecule has 1 aromatic rings. The summed E-state index contributed by atoms with van der Waals surface area (Å²) < 4.78 is 18.9. The van der Waals surface area contributed by atoms with E-state index in [9.17, 15) is 19.1 Å². The third kappa shape index (κ3) is 3.88. The largest absolute Gasteiger partial charge is 0.389 e. The van der Waals surface area contributed by atoms with Gasteiger partial charge in [0.2, 0.25) is 0 Å². The molecule has 1 saturated heterocycles. The topological polar surface area (TPSA) is 78.9 Å². The van der Waals surface area contributed by atoms with E-state index in [2.05, 4.69) is 12.2 Å². The lowest BCUT2D eigenvalue weighted by Gasteiger charge is -2.33. The van der Waals surface area contributed by atoms with Gasteiger partial charge in [-0.2, -0.15) is 0 Å². The minimum absolute atomic E-state index is 0.0195. The van der Waals surface area contributed by atoms with Gasteiger partial charge in [-0.05, 0) is 37.7 Å². The van der Waals surface area contributed by atoms with E-state index < -0.39 is 17.7 Å². The summed E-state index contributed by atoms with van der Waals surface area (Å²) in [5.74, 6) is -0.0798. The molecule has 7 heteroatoms. The van der Waals surface area contributed by atoms with Crippen molar-refractivity contribution in [2.24, 2.45) is 5.92 Å². The first-order chi connectivity index (χ1) is 12.4. The van der Waals surface area contributed by atoms with Crippen LogP contribution < -0.4 is 5.32 Å². The van der Waals surface area contributed by atoms with Gasteiger partial charge in [-0.25, -0.2) is 9.18 Å². The highest BCUT2D eigenvalue weighted by atomic mass is 19.1. The third-order valence-corrected chi connectivity index (χ3v) is 5.29. The summed E-state index contributed by atoms with van der Waals surface area (Å²) in [6, 6.07) is 5.78. The predicted molar refractivity (Wildman–Crippen MR) is 92.7 cm³/mol. The van der Waals surface area contributed by atoms with Crippen LogP contribution in [0.1, 0.15) is 38.2 Å². The molecule has 1 aliphatic carbocycles. The van der Waals surface area contributed by atoms with Crippen molar-refractivity contribution >= 4 is 11.9 Å². The van der Waals surface area contributed by atoms with Crippen molar-refractivity contribution in [3.8, 4) is 0 Å². The molecule has 142 valence electrons. The molecule has 0 radical (unpaired) electrons. The second kappa shape index (κ2) is 7.72. The Labute approximate surface area is 152 Å². The first kappa shape index (κ1) is 18.8. The molecule has 2 N–H and O–H groups in total. The Morgan fingerprint density at radius 3 is 2.73 bits per heavy atom. The summed E-state index contributed by atoms with van der Waals surface area (Å²) in [4.78, 5) is 26.0. The second-order valence-electron chi connectivity index (χ2n) is 7.37. The van der Waals surface area contributed by atoms with Gasteiger partial charge in [-0.15, -0.1) is 0 Å². The van der Waals surface area contributed by atoms with Crippen LogP contribution >= 0.6 is 0 Å². The number of hydrogen-bond acceptors (Lipinski definition) is 4. The molecule has 0 aromatic heterocycles. The summed E-state index contributed by atoms with van der Waals surface area (Å²) in [5.41, 5.74) is -0.415. The maximum atomic E-state index is 13.5. The van der Waals surface area contributed by atoms with E-state index in [4.69, 9.17) is 4.74 Å². The number of carbonyl (C=O) groups excluding carboxylic acids is 2. The quantitative estimate of drug-likeness (QED) is 0.759. The molecule has 0 unspecified atom stereocenters. The van der Waals surface area contributed by atoms with Gasteiger partial charge in [-0.3, -0.25) is 9.69 Å². The fourth-order valence-corrected chi connectivity index (χ4v) is 3.62. The first-order valence-electron chi connectivity index (χ1n) is 9.04. The molecule has 6 nitrogen and oxygen atoms in total. The number of carbonyl (C=O) groups is 2. The van der Waals surface area contributed by atoms with Crippen LogP contribution in [0.15, 0.2) is 24.3 Å². The molecule has 3 rings (SSSR count). The Morgan fingerprint density at radius 1 is 1.35 bits per heavy atom. The molecule has 1 saturated carbocycles. The SMILES string of the molecule is CC1CCC2(CC1)NC(=O)N(C[C@H](O)COCc1ccccc1F)C2=O. The summed E-state index contributed by atoms with van der Waals surface area (Å²) in [6.45, 7) is 1.95. The van der Waals surface area contributed by atoms with Gasteiger partial charge in [0, 0.05) is 5.56 Å². The molecule has 0 bridgehead atoms. The van der Waals surface area contributed by atoms with Crippen LogP contribution in [0.2, 0.25) is 0 Å². The monoisotopic (exact) mass is 364 g/mol. The van der Waals surface area contributed by atoms with Gasteiger partial charge in [0.25, 0.3) is 5.91 Å². The lowest BCUT2D eigenvalue weighted by atomic mass is 9.77. The van der Waals surface area contributed by atoms with Crippen LogP contribution in [-0.4, -0.2) is 46.7 Å². The number of halogens is 1. The molecular formula is C19H25FN2O4. The molecule has 1 spiro atoms. The molecule has 1 atom stereocenters. The molecule has 2 fully saturated rings. The second-order valence-corrected chi connectivity index (χ2v) is 7.37. The third-order valence-electron chi connectivity index (χ3n) is 5.29. The van der Waals surface area contributed by atoms with Crippen molar-refractivity contribution in [3.05, 3.63) is 35.6 Å². The van der Waals surface area contributed by atoms with Crippen molar-refractivity contribution in [3.63, 3.8) is 0 Å². The average molecular weight is 364 g/mol. The minimum atomic E-state index is -1.02. The number of nitrogens with zero attached hydrogens (tertiary/aromatic N) is 1. The zero-order valence-corrected chi connectivity index (χ0v) is 14.9. The van der Waals surface area contributed by atoms with Crippen molar-refractivity contribution in [1.82, 2.24) is 10.2 Å². The maximum Gasteiger partial charge on any atom is 0.325 e. The normalized spacial score (nSPS) is 27.0. The Morgan fingerprint density at radius 2 is 2.04 bits per heavy atom. The predicted octanol–water partition coefficient (Wildman–Crippen LogP) is 2.20. The van der Waals surface area contributed by atoms with E-state index in [-0.39, 0.29) is 31.5 Å². The first-order valence-corrected chi connectivity index (χ1v) is 9.04. The van der Waals surface area contributed by atoms with E-state index >= 15 is 0 Å². The van der Waals surface area contributed by atoms with Gasteiger partial charge in [0.1, 0.15) is 11.4 Å². The summed E-state index contributed by atoms with van der Waals surface area (Å²) >= 11 is 0. The Kier molecular flexibility index (Phi) is 5.58. The van der Waals surface area contributed by atoms with E-state index in [0.717, 1.165) is 17.7 Å². The lowest BCUT2D eigenvalue weighted by molar-refractivity contribution is -0.134. The van der Waals surface area contributed by atoms with Crippen LogP contribution in [0.3, 0.4) is 0 Å². The van der Waals surface area contributed by atoms with Gasteiger partial charge in [-0.1, -0.05) is 25.1 Å². The molecule has 1 aromatic carbocycles. The number of nitrogens with one attached hydrogen (secondary N) is 1. The zero-order chi connectivity index (χ0) is 18.7. The smallest absolute Gasteiger partial charge is 0.325 e. The lowest BCUT2D eigenvalue weighted by Crippen LogP contribution is -2.49. The standard InChI is InChI=1S/C19H25FN2O4/c1-13-6-8-19(9-7-13)17(24)22(18(25)21-19)10-15(23)12-26-11-14-4-2-3-5-16(14)20/h2-5,13,15,23H,6-12H2,1H3,(H,21,25)/t13?,15-,19?/m0/s1. The number of rotatable bonds is 6. The number of benzene rings is 1. The van der Waals surface area contributed by atoms with Crippen molar-refractivity contribution < 1.29 is 23.8 Å². The van der Waals surface area contributed by atoms with Crippen LogP contribution in [-0.2, 0) is 16.1 Å². The average Bonchev–Trinajstić information content (AvgIpc) is 2.84. The number of imide groups is 1. The van der Waals surface area contributed by atoms with Gasteiger partial charge in [0.05, 0.1) is 25.9 Å². The Balaban J connectivity index is 1.51. The highest BCUT2D eigenvalue weighted by molar-refractivity contribution is 6.07. The van der Waals surface area contributed by atoms with Gasteiger partial charge < -0.3 is 15.2 Å². The fraction of sp³-hybridized carbons (Fsp3) is 0.579. The van der Waals surface area contributed by atoms with Crippen LogP contribution in [0.25, 0.3) is 0 Å². The van der Waals surface area contributed by atoms with E-state index in [1.54, 1.807) is 18.2 Å². The van der Waals surface area contributed by atoms with Crippen molar-refractivity contribution in [2.75, 3.05) is 13.2 Å². The summed E-state index contributed by atoms with van der Waals surface area (Å²) in [6.07, 6.45) is 2.04. The highest BCUT2D eigenvalue weighted by Gasteiger charge is 2.52. The number of hydrogen-bond donors (Lipinski definition) is 2. The number of amides is 3. The van der Waals surface area contributed by atoms with Crippen LogP contribution in [0.5, 0.6) is 0 Å². The number of aliphatic hydroxyl groups is 1. The number of aliphatic hydroxyl groups excluding tert-OH is 1. The Bertz CT molecular complexity index is 673. The fourth-order valence-electron chi connectivity index (χ4n) is 3.62. The maximum absolute atomic E-state index is 13.5. The molecule has 1 heterocycles. The van der Waals surface area contributed by atoms with Crippen molar-refractivity contribution in [2.45, 2.75) is 50.9 Å². The Hall–Kier alpha value is -1.99. The van der Waals surface area contributed by atoms with Crippen LogP contribution in [0.4, 0.5) is 9.18 Å². The highest BCUT2D eigenvalue weighted by Crippen LogP contribution is 2.36. The van der Waals surface area contributed by atoms with E-state index in [1.807, 2.05) is 0 Å². The van der Waals surface area contributed by atoms with E-state index in [0.29, 0.717) is 24.3 Å². The number of ether oxygens (including phenoxy) is 1.